The lowest BCUT2D eigenvalue weighted by Gasteiger charge is -2.21. The van der Waals surface area contributed by atoms with E-state index in [4.69, 9.17) is 17.3 Å². The molecule has 1 aromatic rings. The highest BCUT2D eigenvalue weighted by molar-refractivity contribution is 6.31. The molecule has 1 atom stereocenters. The standard InChI is InChI=1S/C11H13ClFN/c1-7(14)11(5-6-11)10-8(12)3-2-4-9(10)13/h2-4,7H,5-6,14H2,1H3. The molecular formula is C11H13ClFN. The van der Waals surface area contributed by atoms with Crippen LogP contribution in [-0.2, 0) is 5.41 Å². The molecule has 2 rings (SSSR count). The summed E-state index contributed by atoms with van der Waals surface area (Å²) in [6.45, 7) is 1.91. The van der Waals surface area contributed by atoms with Crippen LogP contribution in [0, 0.1) is 5.82 Å². The average molecular weight is 214 g/mol. The van der Waals surface area contributed by atoms with Gasteiger partial charge in [0.2, 0.25) is 0 Å². The summed E-state index contributed by atoms with van der Waals surface area (Å²) in [6.07, 6.45) is 1.87. The maximum atomic E-state index is 13.6. The third-order valence-electron chi connectivity index (χ3n) is 3.12. The molecule has 0 heterocycles. The van der Waals surface area contributed by atoms with Gasteiger partial charge in [-0.1, -0.05) is 17.7 Å². The van der Waals surface area contributed by atoms with Gasteiger partial charge in [0.1, 0.15) is 5.82 Å². The molecule has 1 saturated carbocycles. The summed E-state index contributed by atoms with van der Waals surface area (Å²) in [7, 11) is 0. The minimum absolute atomic E-state index is 0.0445. The van der Waals surface area contributed by atoms with Gasteiger partial charge in [0.05, 0.1) is 0 Å². The Hall–Kier alpha value is -0.600. The highest BCUT2D eigenvalue weighted by Crippen LogP contribution is 2.53. The van der Waals surface area contributed by atoms with Crippen molar-refractivity contribution in [3.8, 4) is 0 Å². The lowest BCUT2D eigenvalue weighted by Crippen LogP contribution is -2.32. The largest absolute Gasteiger partial charge is 0.327 e. The topological polar surface area (TPSA) is 26.0 Å². The van der Waals surface area contributed by atoms with Gasteiger partial charge in [0.15, 0.2) is 0 Å². The second-order valence-corrected chi connectivity index (χ2v) is 4.45. The molecule has 0 radical (unpaired) electrons. The van der Waals surface area contributed by atoms with E-state index in [1.54, 1.807) is 12.1 Å². The van der Waals surface area contributed by atoms with Crippen molar-refractivity contribution in [3.63, 3.8) is 0 Å². The van der Waals surface area contributed by atoms with E-state index >= 15 is 0 Å². The summed E-state index contributed by atoms with van der Waals surface area (Å²) >= 11 is 6.00. The van der Waals surface area contributed by atoms with Crippen LogP contribution in [0.3, 0.4) is 0 Å². The Morgan fingerprint density at radius 3 is 2.57 bits per heavy atom. The summed E-state index contributed by atoms with van der Waals surface area (Å²) in [4.78, 5) is 0. The minimum Gasteiger partial charge on any atom is -0.327 e. The van der Waals surface area contributed by atoms with Crippen molar-refractivity contribution in [3.05, 3.63) is 34.6 Å². The maximum Gasteiger partial charge on any atom is 0.128 e. The molecule has 0 bridgehead atoms. The highest BCUT2D eigenvalue weighted by Gasteiger charge is 2.50. The second kappa shape index (κ2) is 3.21. The molecule has 1 fully saturated rings. The first-order valence-corrected chi connectivity index (χ1v) is 5.16. The lowest BCUT2D eigenvalue weighted by molar-refractivity contribution is 0.512. The van der Waals surface area contributed by atoms with Gasteiger partial charge in [-0.3, -0.25) is 0 Å². The number of benzene rings is 1. The van der Waals surface area contributed by atoms with Crippen molar-refractivity contribution in [1.82, 2.24) is 0 Å². The van der Waals surface area contributed by atoms with Crippen LogP contribution < -0.4 is 5.73 Å². The van der Waals surface area contributed by atoms with Crippen LogP contribution in [0.4, 0.5) is 4.39 Å². The molecule has 76 valence electrons. The van der Waals surface area contributed by atoms with Crippen LogP contribution >= 0.6 is 11.6 Å². The van der Waals surface area contributed by atoms with Crippen molar-refractivity contribution in [2.75, 3.05) is 0 Å². The minimum atomic E-state index is -0.229. The Balaban J connectivity index is 2.51. The molecule has 1 unspecified atom stereocenters. The lowest BCUT2D eigenvalue weighted by atomic mass is 9.89. The first-order valence-electron chi connectivity index (χ1n) is 4.78. The SMILES string of the molecule is CC(N)C1(c2c(F)cccc2Cl)CC1. The van der Waals surface area contributed by atoms with Gasteiger partial charge in [-0.15, -0.1) is 0 Å². The zero-order chi connectivity index (χ0) is 10.3. The van der Waals surface area contributed by atoms with Gasteiger partial charge in [-0.2, -0.15) is 0 Å². The molecule has 1 nitrogen and oxygen atoms in total. The third-order valence-corrected chi connectivity index (χ3v) is 3.44. The van der Waals surface area contributed by atoms with Crippen molar-refractivity contribution in [1.29, 1.82) is 0 Å². The van der Waals surface area contributed by atoms with E-state index in [0.29, 0.717) is 10.6 Å². The molecule has 14 heavy (non-hydrogen) atoms. The Kier molecular flexibility index (Phi) is 2.28. The number of hydrogen-bond donors (Lipinski definition) is 1. The number of halogens is 2. The summed E-state index contributed by atoms with van der Waals surface area (Å²) in [6, 6.07) is 4.75. The summed E-state index contributed by atoms with van der Waals surface area (Å²) in [5.41, 5.74) is 6.28. The number of hydrogen-bond acceptors (Lipinski definition) is 1. The zero-order valence-electron chi connectivity index (χ0n) is 8.06. The molecule has 0 spiro atoms. The van der Waals surface area contributed by atoms with Gasteiger partial charge in [0, 0.05) is 22.0 Å². The van der Waals surface area contributed by atoms with Crippen molar-refractivity contribution < 1.29 is 4.39 Å². The Morgan fingerprint density at radius 1 is 1.50 bits per heavy atom. The summed E-state index contributed by atoms with van der Waals surface area (Å²) in [5, 5.41) is 0.500. The molecular weight excluding hydrogens is 201 g/mol. The van der Waals surface area contributed by atoms with Crippen molar-refractivity contribution in [2.45, 2.75) is 31.2 Å². The van der Waals surface area contributed by atoms with Crippen molar-refractivity contribution in [2.24, 2.45) is 5.73 Å². The van der Waals surface area contributed by atoms with E-state index < -0.39 is 0 Å². The van der Waals surface area contributed by atoms with Crippen LogP contribution in [-0.4, -0.2) is 6.04 Å². The molecule has 0 saturated heterocycles. The van der Waals surface area contributed by atoms with E-state index in [2.05, 4.69) is 0 Å². The van der Waals surface area contributed by atoms with Gasteiger partial charge >= 0.3 is 0 Å². The predicted molar refractivity (Wildman–Crippen MR) is 56.0 cm³/mol. The second-order valence-electron chi connectivity index (χ2n) is 4.04. The fourth-order valence-corrected chi connectivity index (χ4v) is 2.39. The number of nitrogens with two attached hydrogens (primary N) is 1. The molecule has 2 N–H and O–H groups in total. The normalized spacial score (nSPS) is 20.6. The molecule has 0 aliphatic heterocycles. The molecule has 1 aromatic carbocycles. The van der Waals surface area contributed by atoms with E-state index in [-0.39, 0.29) is 17.3 Å². The Morgan fingerprint density at radius 2 is 2.14 bits per heavy atom. The van der Waals surface area contributed by atoms with E-state index in [9.17, 15) is 4.39 Å². The van der Waals surface area contributed by atoms with Gasteiger partial charge in [-0.05, 0) is 31.9 Å². The smallest absolute Gasteiger partial charge is 0.128 e. The first kappa shape index (κ1) is 9.94. The fourth-order valence-electron chi connectivity index (χ4n) is 2.04. The first-order chi connectivity index (χ1) is 6.58. The monoisotopic (exact) mass is 213 g/mol. The highest BCUT2D eigenvalue weighted by atomic mass is 35.5. The van der Waals surface area contributed by atoms with Crippen LogP contribution in [0.25, 0.3) is 0 Å². The van der Waals surface area contributed by atoms with E-state index in [1.165, 1.54) is 6.07 Å². The molecule has 1 aliphatic rings. The predicted octanol–water partition coefficient (Wildman–Crippen LogP) is 2.86. The van der Waals surface area contributed by atoms with Crippen molar-refractivity contribution >= 4 is 11.6 Å². The Bertz CT molecular complexity index is 338. The fraction of sp³-hybridized carbons (Fsp3) is 0.455. The third kappa shape index (κ3) is 1.33. The quantitative estimate of drug-likeness (QED) is 0.803. The van der Waals surface area contributed by atoms with Crippen LogP contribution in [0.15, 0.2) is 18.2 Å². The molecule has 3 heteroatoms. The summed E-state index contributed by atoms with van der Waals surface area (Å²) in [5.74, 6) is -0.229. The molecule has 1 aliphatic carbocycles. The number of rotatable bonds is 2. The van der Waals surface area contributed by atoms with E-state index in [0.717, 1.165) is 12.8 Å². The van der Waals surface area contributed by atoms with E-state index in [1.807, 2.05) is 6.92 Å². The van der Waals surface area contributed by atoms with Crippen LogP contribution in [0.5, 0.6) is 0 Å². The van der Waals surface area contributed by atoms with Crippen LogP contribution in [0.2, 0.25) is 5.02 Å². The maximum absolute atomic E-state index is 13.6. The van der Waals surface area contributed by atoms with Crippen LogP contribution in [0.1, 0.15) is 25.3 Å². The average Bonchev–Trinajstić information content (AvgIpc) is 2.85. The van der Waals surface area contributed by atoms with Gasteiger partial charge in [0.25, 0.3) is 0 Å². The molecule has 0 aromatic heterocycles. The zero-order valence-corrected chi connectivity index (χ0v) is 8.81. The van der Waals surface area contributed by atoms with Gasteiger partial charge in [-0.25, -0.2) is 4.39 Å². The molecule has 0 amide bonds. The Labute approximate surface area is 88.1 Å². The van der Waals surface area contributed by atoms with Gasteiger partial charge < -0.3 is 5.73 Å². The summed E-state index contributed by atoms with van der Waals surface area (Å²) < 4.78 is 13.6.